The summed E-state index contributed by atoms with van der Waals surface area (Å²) in [4.78, 5) is 4.55. The highest BCUT2D eigenvalue weighted by Crippen LogP contribution is 2.21. The molecule has 3 rings (SSSR count). The van der Waals surface area contributed by atoms with Crippen LogP contribution in [0.25, 0.3) is 0 Å². The van der Waals surface area contributed by atoms with Gasteiger partial charge in [-0.2, -0.15) is 0 Å². The van der Waals surface area contributed by atoms with Crippen LogP contribution in [-0.4, -0.2) is 31.1 Å². The summed E-state index contributed by atoms with van der Waals surface area (Å²) in [5.74, 6) is -0.127. The van der Waals surface area contributed by atoms with Gasteiger partial charge in [0.2, 0.25) is 0 Å². The lowest BCUT2D eigenvalue weighted by atomic mass is 10.2. The SMILES string of the molecule is Fc1ccccc1N1CCN(Cc2cccc(Br)c2)CC1. The Hall–Kier alpha value is -1.39. The van der Waals surface area contributed by atoms with Crippen molar-refractivity contribution in [3.05, 3.63) is 64.4 Å². The quantitative estimate of drug-likeness (QED) is 0.829. The van der Waals surface area contributed by atoms with E-state index in [9.17, 15) is 4.39 Å². The molecule has 0 spiro atoms. The fourth-order valence-corrected chi connectivity index (χ4v) is 3.20. The number of rotatable bonds is 3. The molecule has 21 heavy (non-hydrogen) atoms. The van der Waals surface area contributed by atoms with Gasteiger partial charge in [0.25, 0.3) is 0 Å². The minimum Gasteiger partial charge on any atom is -0.367 e. The van der Waals surface area contributed by atoms with Gasteiger partial charge in [0.1, 0.15) is 5.82 Å². The van der Waals surface area contributed by atoms with Crippen LogP contribution in [0, 0.1) is 5.82 Å². The van der Waals surface area contributed by atoms with Crippen LogP contribution >= 0.6 is 15.9 Å². The summed E-state index contributed by atoms with van der Waals surface area (Å²) in [6, 6.07) is 15.4. The van der Waals surface area contributed by atoms with E-state index >= 15 is 0 Å². The summed E-state index contributed by atoms with van der Waals surface area (Å²) < 4.78 is 14.9. The molecule has 4 heteroatoms. The van der Waals surface area contributed by atoms with E-state index in [1.54, 1.807) is 6.07 Å². The zero-order chi connectivity index (χ0) is 14.7. The van der Waals surface area contributed by atoms with Crippen LogP contribution in [-0.2, 0) is 6.54 Å². The number of para-hydroxylation sites is 1. The number of halogens is 2. The lowest BCUT2D eigenvalue weighted by Gasteiger charge is -2.36. The van der Waals surface area contributed by atoms with E-state index in [4.69, 9.17) is 0 Å². The van der Waals surface area contributed by atoms with Crippen molar-refractivity contribution < 1.29 is 4.39 Å². The zero-order valence-electron chi connectivity index (χ0n) is 11.8. The maximum absolute atomic E-state index is 13.8. The largest absolute Gasteiger partial charge is 0.367 e. The second-order valence-corrected chi connectivity index (χ2v) is 6.26. The third-order valence-electron chi connectivity index (χ3n) is 3.86. The Bertz CT molecular complexity index is 609. The Kier molecular flexibility index (Phi) is 4.56. The van der Waals surface area contributed by atoms with Crippen molar-refractivity contribution in [2.45, 2.75) is 6.54 Å². The first-order valence-electron chi connectivity index (χ1n) is 7.18. The van der Waals surface area contributed by atoms with Crippen LogP contribution in [0.5, 0.6) is 0 Å². The predicted octanol–water partition coefficient (Wildman–Crippen LogP) is 3.91. The third-order valence-corrected chi connectivity index (χ3v) is 4.35. The smallest absolute Gasteiger partial charge is 0.146 e. The van der Waals surface area contributed by atoms with Gasteiger partial charge in [-0.15, -0.1) is 0 Å². The van der Waals surface area contributed by atoms with Gasteiger partial charge in [-0.3, -0.25) is 4.90 Å². The van der Waals surface area contributed by atoms with Gasteiger partial charge >= 0.3 is 0 Å². The van der Waals surface area contributed by atoms with Crippen LogP contribution in [0.1, 0.15) is 5.56 Å². The van der Waals surface area contributed by atoms with Gasteiger partial charge in [0.15, 0.2) is 0 Å². The summed E-state index contributed by atoms with van der Waals surface area (Å²) in [5.41, 5.74) is 2.03. The van der Waals surface area contributed by atoms with Crippen LogP contribution in [0.2, 0.25) is 0 Å². The van der Waals surface area contributed by atoms with Gasteiger partial charge < -0.3 is 4.90 Å². The van der Waals surface area contributed by atoms with E-state index < -0.39 is 0 Å². The van der Waals surface area contributed by atoms with Crippen LogP contribution < -0.4 is 4.90 Å². The van der Waals surface area contributed by atoms with E-state index in [2.05, 4.69) is 43.9 Å². The summed E-state index contributed by atoms with van der Waals surface area (Å²) in [6.45, 7) is 4.61. The first kappa shape index (κ1) is 14.5. The maximum Gasteiger partial charge on any atom is 0.146 e. The molecule has 1 aliphatic heterocycles. The van der Waals surface area contributed by atoms with E-state index in [0.717, 1.165) is 42.9 Å². The standard InChI is InChI=1S/C17H18BrFN2/c18-15-5-3-4-14(12-15)13-20-8-10-21(11-9-20)17-7-2-1-6-16(17)19/h1-7,12H,8-11,13H2. The highest BCUT2D eigenvalue weighted by Gasteiger charge is 2.19. The number of nitrogens with zero attached hydrogens (tertiary/aromatic N) is 2. The Morgan fingerprint density at radius 2 is 1.71 bits per heavy atom. The molecule has 2 aromatic carbocycles. The summed E-state index contributed by atoms with van der Waals surface area (Å²) >= 11 is 3.51. The molecule has 0 aliphatic carbocycles. The summed E-state index contributed by atoms with van der Waals surface area (Å²) in [5, 5.41) is 0. The van der Waals surface area contributed by atoms with Crippen molar-refractivity contribution in [2.24, 2.45) is 0 Å². The highest BCUT2D eigenvalue weighted by atomic mass is 79.9. The topological polar surface area (TPSA) is 6.48 Å². The van der Waals surface area contributed by atoms with Crippen molar-refractivity contribution in [3.63, 3.8) is 0 Å². The van der Waals surface area contributed by atoms with E-state index in [1.165, 1.54) is 11.6 Å². The van der Waals surface area contributed by atoms with Crippen molar-refractivity contribution in [1.29, 1.82) is 0 Å². The molecule has 0 amide bonds. The summed E-state index contributed by atoms with van der Waals surface area (Å²) in [7, 11) is 0. The summed E-state index contributed by atoms with van der Waals surface area (Å²) in [6.07, 6.45) is 0. The Morgan fingerprint density at radius 1 is 0.952 bits per heavy atom. The molecule has 0 atom stereocenters. The third kappa shape index (κ3) is 3.63. The van der Waals surface area contributed by atoms with Crippen molar-refractivity contribution in [3.8, 4) is 0 Å². The molecule has 0 unspecified atom stereocenters. The second-order valence-electron chi connectivity index (χ2n) is 5.34. The molecule has 110 valence electrons. The molecule has 1 heterocycles. The highest BCUT2D eigenvalue weighted by molar-refractivity contribution is 9.10. The zero-order valence-corrected chi connectivity index (χ0v) is 13.4. The van der Waals surface area contributed by atoms with Gasteiger partial charge in [0.05, 0.1) is 5.69 Å². The lowest BCUT2D eigenvalue weighted by Crippen LogP contribution is -2.46. The normalized spacial score (nSPS) is 16.2. The van der Waals surface area contributed by atoms with Crippen LogP contribution in [0.3, 0.4) is 0 Å². The molecular weight excluding hydrogens is 331 g/mol. The van der Waals surface area contributed by atoms with E-state index in [1.807, 2.05) is 18.2 Å². The molecule has 1 aliphatic rings. The molecular formula is C17H18BrFN2. The first-order valence-corrected chi connectivity index (χ1v) is 7.98. The minimum absolute atomic E-state index is 0.127. The van der Waals surface area contributed by atoms with Crippen molar-refractivity contribution >= 4 is 21.6 Å². The fraction of sp³-hybridized carbons (Fsp3) is 0.294. The predicted molar refractivity (Wildman–Crippen MR) is 88.0 cm³/mol. The molecule has 0 radical (unpaired) electrons. The lowest BCUT2D eigenvalue weighted by molar-refractivity contribution is 0.249. The Labute approximate surface area is 133 Å². The molecule has 1 fully saturated rings. The van der Waals surface area contributed by atoms with Gasteiger partial charge in [-0.1, -0.05) is 40.2 Å². The van der Waals surface area contributed by atoms with Crippen LogP contribution in [0.15, 0.2) is 53.0 Å². The first-order chi connectivity index (χ1) is 10.2. The number of piperazine rings is 1. The molecule has 0 bridgehead atoms. The monoisotopic (exact) mass is 348 g/mol. The van der Waals surface area contributed by atoms with Crippen molar-refractivity contribution in [2.75, 3.05) is 31.1 Å². The molecule has 2 nitrogen and oxygen atoms in total. The van der Waals surface area contributed by atoms with Gasteiger partial charge in [0, 0.05) is 37.2 Å². The molecule has 0 saturated carbocycles. The molecule has 2 aromatic rings. The minimum atomic E-state index is -0.127. The fourth-order valence-electron chi connectivity index (χ4n) is 2.75. The van der Waals surface area contributed by atoms with Crippen LogP contribution in [0.4, 0.5) is 10.1 Å². The molecule has 0 aromatic heterocycles. The number of hydrogen-bond donors (Lipinski definition) is 0. The van der Waals surface area contributed by atoms with Crippen molar-refractivity contribution in [1.82, 2.24) is 4.90 Å². The van der Waals surface area contributed by atoms with Gasteiger partial charge in [-0.05, 0) is 29.8 Å². The average molecular weight is 349 g/mol. The molecule has 1 saturated heterocycles. The van der Waals surface area contributed by atoms with E-state index in [0.29, 0.717) is 0 Å². The second kappa shape index (κ2) is 6.58. The maximum atomic E-state index is 13.8. The van der Waals surface area contributed by atoms with E-state index in [-0.39, 0.29) is 5.82 Å². The molecule has 0 N–H and O–H groups in total. The number of benzene rings is 2. The van der Waals surface area contributed by atoms with Gasteiger partial charge in [-0.25, -0.2) is 4.39 Å². The number of anilines is 1. The Balaban J connectivity index is 1.59. The Morgan fingerprint density at radius 3 is 2.43 bits per heavy atom. The average Bonchev–Trinajstić information content (AvgIpc) is 2.49. The number of hydrogen-bond acceptors (Lipinski definition) is 2.